The molecule has 0 aliphatic carbocycles. The summed E-state index contributed by atoms with van der Waals surface area (Å²) in [6.07, 6.45) is 0. The number of para-hydroxylation sites is 2. The first kappa shape index (κ1) is 21.8. The summed E-state index contributed by atoms with van der Waals surface area (Å²) >= 11 is 0. The van der Waals surface area contributed by atoms with Crippen LogP contribution in [0.5, 0.6) is 17.2 Å². The van der Waals surface area contributed by atoms with Gasteiger partial charge in [-0.3, -0.25) is 9.69 Å². The van der Waals surface area contributed by atoms with Crippen LogP contribution < -0.4 is 24.4 Å². The molecule has 1 aliphatic rings. The Labute approximate surface area is 178 Å². The van der Waals surface area contributed by atoms with E-state index in [1.165, 1.54) is 0 Å². The molecule has 0 spiro atoms. The molecule has 0 radical (unpaired) electrons. The van der Waals surface area contributed by atoms with Crippen molar-refractivity contribution >= 4 is 17.3 Å². The molecule has 0 bridgehead atoms. The molecule has 7 nitrogen and oxygen atoms in total. The smallest absolute Gasteiger partial charge is 0.238 e. The van der Waals surface area contributed by atoms with Crippen LogP contribution in [0, 0.1) is 0 Å². The predicted molar refractivity (Wildman–Crippen MR) is 119 cm³/mol. The molecular formula is C23H31N3O4. The highest BCUT2D eigenvalue weighted by atomic mass is 16.5. The summed E-state index contributed by atoms with van der Waals surface area (Å²) in [6, 6.07) is 13.5. The van der Waals surface area contributed by atoms with Gasteiger partial charge in [-0.15, -0.1) is 0 Å². The lowest BCUT2D eigenvalue weighted by atomic mass is 10.2. The van der Waals surface area contributed by atoms with Gasteiger partial charge in [0, 0.05) is 32.2 Å². The van der Waals surface area contributed by atoms with Gasteiger partial charge in [0.05, 0.1) is 38.2 Å². The zero-order valence-electron chi connectivity index (χ0n) is 18.0. The summed E-state index contributed by atoms with van der Waals surface area (Å²) in [7, 11) is 1.69. The third kappa shape index (κ3) is 5.57. The lowest BCUT2D eigenvalue weighted by molar-refractivity contribution is -0.117. The van der Waals surface area contributed by atoms with Crippen LogP contribution >= 0.6 is 0 Å². The number of rotatable bonds is 9. The Morgan fingerprint density at radius 3 is 2.40 bits per heavy atom. The van der Waals surface area contributed by atoms with Crippen molar-refractivity contribution in [2.45, 2.75) is 13.8 Å². The molecule has 1 fully saturated rings. The highest BCUT2D eigenvalue weighted by Crippen LogP contribution is 2.30. The van der Waals surface area contributed by atoms with E-state index in [1.54, 1.807) is 7.11 Å². The molecule has 0 atom stereocenters. The molecule has 30 heavy (non-hydrogen) atoms. The molecule has 2 aromatic rings. The summed E-state index contributed by atoms with van der Waals surface area (Å²) in [5, 5.41) is 2.98. The van der Waals surface area contributed by atoms with Crippen LogP contribution in [0.25, 0.3) is 0 Å². The van der Waals surface area contributed by atoms with E-state index >= 15 is 0 Å². The minimum Gasteiger partial charge on any atom is -0.495 e. The molecule has 0 unspecified atom stereocenters. The second-order valence-electron chi connectivity index (χ2n) is 7.01. The molecule has 1 saturated heterocycles. The standard InChI is InChI=1S/C23H31N3O4/c1-4-29-18-10-11-21(30-5-2)19(16-18)24-23(27)17-25-12-14-26(15-13-25)20-8-6-7-9-22(20)28-3/h6-11,16H,4-5,12-15,17H2,1-3H3,(H,24,27). The van der Waals surface area contributed by atoms with Gasteiger partial charge in [0.2, 0.25) is 5.91 Å². The van der Waals surface area contributed by atoms with Gasteiger partial charge >= 0.3 is 0 Å². The SMILES string of the molecule is CCOc1ccc(OCC)c(NC(=O)CN2CCN(c3ccccc3OC)CC2)c1. The zero-order valence-corrected chi connectivity index (χ0v) is 18.0. The maximum atomic E-state index is 12.7. The van der Waals surface area contributed by atoms with Gasteiger partial charge in [0.1, 0.15) is 17.2 Å². The highest BCUT2D eigenvalue weighted by Gasteiger charge is 2.21. The Kier molecular flexibility index (Phi) is 7.79. The number of nitrogens with zero attached hydrogens (tertiary/aromatic N) is 2. The molecule has 0 aromatic heterocycles. The van der Waals surface area contributed by atoms with E-state index in [4.69, 9.17) is 14.2 Å². The van der Waals surface area contributed by atoms with Crippen LogP contribution in [-0.4, -0.2) is 63.9 Å². The fourth-order valence-electron chi connectivity index (χ4n) is 3.58. The van der Waals surface area contributed by atoms with Crippen LogP contribution in [0.4, 0.5) is 11.4 Å². The maximum absolute atomic E-state index is 12.7. The first-order valence-corrected chi connectivity index (χ1v) is 10.4. The number of anilines is 2. The quantitative estimate of drug-likeness (QED) is 0.681. The Hall–Kier alpha value is -2.93. The van der Waals surface area contributed by atoms with Gasteiger partial charge in [-0.25, -0.2) is 0 Å². The summed E-state index contributed by atoms with van der Waals surface area (Å²) in [4.78, 5) is 17.1. The second kappa shape index (κ2) is 10.7. The third-order valence-corrected chi connectivity index (χ3v) is 5.00. The van der Waals surface area contributed by atoms with Crippen LogP contribution in [0.3, 0.4) is 0 Å². The van der Waals surface area contributed by atoms with Crippen LogP contribution in [0.1, 0.15) is 13.8 Å². The number of benzene rings is 2. The minimum absolute atomic E-state index is 0.0599. The van der Waals surface area contributed by atoms with Crippen molar-refractivity contribution in [2.24, 2.45) is 0 Å². The average Bonchev–Trinajstić information content (AvgIpc) is 2.76. The van der Waals surface area contributed by atoms with Crippen molar-refractivity contribution in [1.29, 1.82) is 0 Å². The lowest BCUT2D eigenvalue weighted by Gasteiger charge is -2.36. The van der Waals surface area contributed by atoms with Gasteiger partial charge < -0.3 is 24.4 Å². The number of piperazine rings is 1. The second-order valence-corrected chi connectivity index (χ2v) is 7.01. The fourth-order valence-corrected chi connectivity index (χ4v) is 3.58. The van der Waals surface area contributed by atoms with Crippen LogP contribution in [0.2, 0.25) is 0 Å². The van der Waals surface area contributed by atoms with Crippen molar-refractivity contribution in [3.63, 3.8) is 0 Å². The number of hydrogen-bond acceptors (Lipinski definition) is 6. The molecule has 0 saturated carbocycles. The van der Waals surface area contributed by atoms with Gasteiger partial charge in [-0.05, 0) is 38.1 Å². The van der Waals surface area contributed by atoms with E-state index in [1.807, 2.05) is 50.2 Å². The van der Waals surface area contributed by atoms with Gasteiger partial charge in [-0.1, -0.05) is 12.1 Å². The van der Waals surface area contributed by atoms with E-state index in [9.17, 15) is 4.79 Å². The van der Waals surface area contributed by atoms with Crippen molar-refractivity contribution in [3.8, 4) is 17.2 Å². The number of amides is 1. The molecule has 1 heterocycles. The number of ether oxygens (including phenoxy) is 3. The van der Waals surface area contributed by atoms with E-state index in [0.29, 0.717) is 36.9 Å². The number of nitrogens with one attached hydrogen (secondary N) is 1. The Morgan fingerprint density at radius 2 is 1.70 bits per heavy atom. The van der Waals surface area contributed by atoms with Gasteiger partial charge in [0.15, 0.2) is 0 Å². The highest BCUT2D eigenvalue weighted by molar-refractivity contribution is 5.94. The normalized spacial score (nSPS) is 14.3. The summed E-state index contributed by atoms with van der Waals surface area (Å²) in [5.41, 5.74) is 1.73. The van der Waals surface area contributed by atoms with Crippen molar-refractivity contribution < 1.29 is 19.0 Å². The molecule has 2 aromatic carbocycles. The first-order valence-electron chi connectivity index (χ1n) is 10.4. The van der Waals surface area contributed by atoms with Gasteiger partial charge in [0.25, 0.3) is 0 Å². The maximum Gasteiger partial charge on any atom is 0.238 e. The number of carbonyl (C=O) groups is 1. The monoisotopic (exact) mass is 413 g/mol. The number of methoxy groups -OCH3 is 1. The van der Waals surface area contributed by atoms with Crippen molar-refractivity contribution in [1.82, 2.24) is 4.90 Å². The average molecular weight is 414 g/mol. The van der Waals surface area contributed by atoms with E-state index in [2.05, 4.69) is 21.2 Å². The lowest BCUT2D eigenvalue weighted by Crippen LogP contribution is -2.48. The molecule has 162 valence electrons. The fraction of sp³-hybridized carbons (Fsp3) is 0.435. The van der Waals surface area contributed by atoms with Crippen LogP contribution in [-0.2, 0) is 4.79 Å². The number of hydrogen-bond donors (Lipinski definition) is 1. The molecule has 7 heteroatoms. The Balaban J connectivity index is 1.57. The summed E-state index contributed by atoms with van der Waals surface area (Å²) in [6.45, 7) is 8.59. The topological polar surface area (TPSA) is 63.3 Å². The predicted octanol–water partition coefficient (Wildman–Crippen LogP) is 3.25. The van der Waals surface area contributed by atoms with E-state index in [-0.39, 0.29) is 5.91 Å². The third-order valence-electron chi connectivity index (χ3n) is 5.00. The zero-order chi connectivity index (χ0) is 21.3. The molecule has 3 rings (SSSR count). The summed E-state index contributed by atoms with van der Waals surface area (Å²) < 4.78 is 16.7. The van der Waals surface area contributed by atoms with Crippen molar-refractivity contribution in [2.75, 3.05) is 63.3 Å². The van der Waals surface area contributed by atoms with E-state index < -0.39 is 0 Å². The Morgan fingerprint density at radius 1 is 0.967 bits per heavy atom. The Bertz CT molecular complexity index is 835. The first-order chi connectivity index (χ1) is 14.6. The molecule has 1 aliphatic heterocycles. The molecule has 1 amide bonds. The van der Waals surface area contributed by atoms with E-state index in [0.717, 1.165) is 37.6 Å². The molecular weight excluding hydrogens is 382 g/mol. The largest absolute Gasteiger partial charge is 0.495 e. The number of carbonyl (C=O) groups excluding carboxylic acids is 1. The minimum atomic E-state index is -0.0599. The van der Waals surface area contributed by atoms with Crippen LogP contribution in [0.15, 0.2) is 42.5 Å². The van der Waals surface area contributed by atoms with Gasteiger partial charge in [-0.2, -0.15) is 0 Å². The summed E-state index contributed by atoms with van der Waals surface area (Å²) in [5.74, 6) is 2.17. The molecule has 1 N–H and O–H groups in total. The van der Waals surface area contributed by atoms with Crippen molar-refractivity contribution in [3.05, 3.63) is 42.5 Å².